The van der Waals surface area contributed by atoms with Crippen LogP contribution in [0.4, 0.5) is 5.00 Å². The standard InChI is InChI=1S/C16H24N4OS/c1-11-4-5-12-13(9-17)16(22-14(12)8-11)19-15(21)10-18-6-7-20(2)3/h11,18H,4-8,10H2,1-3H3,(H,19,21). The molecule has 2 N–H and O–H groups in total. The van der Waals surface area contributed by atoms with Crippen molar-refractivity contribution in [2.45, 2.75) is 26.2 Å². The molecule has 1 aliphatic carbocycles. The second-order valence-corrected chi connectivity index (χ2v) is 7.30. The Kier molecular flexibility index (Phi) is 5.95. The fourth-order valence-corrected chi connectivity index (χ4v) is 4.01. The first-order chi connectivity index (χ1) is 10.5. The van der Waals surface area contributed by atoms with E-state index in [4.69, 9.17) is 0 Å². The van der Waals surface area contributed by atoms with Gasteiger partial charge in [-0.2, -0.15) is 5.26 Å². The van der Waals surface area contributed by atoms with Crippen LogP contribution in [-0.2, 0) is 17.6 Å². The van der Waals surface area contributed by atoms with Crippen LogP contribution < -0.4 is 10.6 Å². The Labute approximate surface area is 136 Å². The highest BCUT2D eigenvalue weighted by molar-refractivity contribution is 7.16. The average molecular weight is 320 g/mol. The molecule has 5 nitrogen and oxygen atoms in total. The smallest absolute Gasteiger partial charge is 0.238 e. The van der Waals surface area contributed by atoms with E-state index in [0.717, 1.165) is 42.9 Å². The van der Waals surface area contributed by atoms with E-state index in [1.807, 2.05) is 14.1 Å². The van der Waals surface area contributed by atoms with E-state index in [-0.39, 0.29) is 12.5 Å². The number of hydrogen-bond acceptors (Lipinski definition) is 5. The normalized spacial score (nSPS) is 17.1. The number of nitriles is 1. The van der Waals surface area contributed by atoms with Crippen molar-refractivity contribution >= 4 is 22.2 Å². The van der Waals surface area contributed by atoms with Gasteiger partial charge >= 0.3 is 0 Å². The monoisotopic (exact) mass is 320 g/mol. The Hall–Kier alpha value is -1.42. The van der Waals surface area contributed by atoms with Gasteiger partial charge in [-0.05, 0) is 44.8 Å². The van der Waals surface area contributed by atoms with E-state index in [9.17, 15) is 10.1 Å². The van der Waals surface area contributed by atoms with E-state index >= 15 is 0 Å². The molecule has 22 heavy (non-hydrogen) atoms. The second-order valence-electron chi connectivity index (χ2n) is 6.20. The lowest BCUT2D eigenvalue weighted by Crippen LogP contribution is -2.33. The van der Waals surface area contributed by atoms with Crippen LogP contribution in [0.2, 0.25) is 0 Å². The van der Waals surface area contributed by atoms with Crippen LogP contribution in [0, 0.1) is 17.2 Å². The third kappa shape index (κ3) is 4.29. The molecular formula is C16H24N4OS. The molecule has 0 spiro atoms. The number of nitrogens with one attached hydrogen (secondary N) is 2. The third-order valence-corrected chi connectivity index (χ3v) is 5.07. The van der Waals surface area contributed by atoms with E-state index in [1.165, 1.54) is 4.88 Å². The minimum atomic E-state index is -0.0816. The van der Waals surface area contributed by atoms with Gasteiger partial charge in [-0.1, -0.05) is 6.92 Å². The van der Waals surface area contributed by atoms with Crippen LogP contribution in [0.1, 0.15) is 29.3 Å². The minimum absolute atomic E-state index is 0.0816. The number of likely N-dealkylation sites (N-methyl/N-ethyl adjacent to an activating group) is 1. The maximum absolute atomic E-state index is 12.0. The highest BCUT2D eigenvalue weighted by atomic mass is 32.1. The summed E-state index contributed by atoms with van der Waals surface area (Å²) in [6, 6.07) is 2.27. The SMILES string of the molecule is CC1CCc2c(sc(NC(=O)CNCCN(C)C)c2C#N)C1. The molecule has 0 fully saturated rings. The van der Waals surface area contributed by atoms with Crippen molar-refractivity contribution in [3.8, 4) is 6.07 Å². The molecule has 1 amide bonds. The first kappa shape index (κ1) is 16.9. The summed E-state index contributed by atoms with van der Waals surface area (Å²) in [6.45, 7) is 4.17. The molecule has 1 aromatic heterocycles. The van der Waals surface area contributed by atoms with E-state index in [2.05, 4.69) is 28.5 Å². The van der Waals surface area contributed by atoms with Gasteiger partial charge in [-0.3, -0.25) is 4.79 Å². The van der Waals surface area contributed by atoms with Crippen molar-refractivity contribution in [1.29, 1.82) is 5.26 Å². The number of hydrogen-bond donors (Lipinski definition) is 2. The fraction of sp³-hybridized carbons (Fsp3) is 0.625. The van der Waals surface area contributed by atoms with Gasteiger partial charge < -0.3 is 15.5 Å². The zero-order chi connectivity index (χ0) is 16.1. The first-order valence-electron chi connectivity index (χ1n) is 7.71. The Bertz CT molecular complexity index is 573. The fourth-order valence-electron chi connectivity index (χ4n) is 2.63. The van der Waals surface area contributed by atoms with Gasteiger partial charge in [0.25, 0.3) is 0 Å². The molecule has 0 saturated carbocycles. The number of rotatable bonds is 6. The zero-order valence-corrected chi connectivity index (χ0v) is 14.3. The predicted octanol–water partition coefficient (Wildman–Crippen LogP) is 1.83. The van der Waals surface area contributed by atoms with Crippen LogP contribution in [0.25, 0.3) is 0 Å². The van der Waals surface area contributed by atoms with Crippen LogP contribution in [0.15, 0.2) is 0 Å². The summed E-state index contributed by atoms with van der Waals surface area (Å²) < 4.78 is 0. The Balaban J connectivity index is 1.95. The van der Waals surface area contributed by atoms with Crippen molar-refractivity contribution in [2.75, 3.05) is 39.0 Å². The average Bonchev–Trinajstić information content (AvgIpc) is 2.79. The second kappa shape index (κ2) is 7.73. The summed E-state index contributed by atoms with van der Waals surface area (Å²) in [5.41, 5.74) is 1.83. The molecule has 6 heteroatoms. The maximum Gasteiger partial charge on any atom is 0.238 e. The lowest BCUT2D eigenvalue weighted by atomic mass is 9.89. The van der Waals surface area contributed by atoms with Crippen molar-refractivity contribution in [3.63, 3.8) is 0 Å². The highest BCUT2D eigenvalue weighted by Crippen LogP contribution is 2.39. The Morgan fingerprint density at radius 3 is 2.95 bits per heavy atom. The van der Waals surface area contributed by atoms with Crippen molar-refractivity contribution < 1.29 is 4.79 Å². The lowest BCUT2D eigenvalue weighted by Gasteiger charge is -2.17. The molecule has 1 aromatic rings. The summed E-state index contributed by atoms with van der Waals surface area (Å²) >= 11 is 1.57. The van der Waals surface area contributed by atoms with E-state index in [1.54, 1.807) is 11.3 Å². The summed E-state index contributed by atoms with van der Waals surface area (Å²) in [5, 5.41) is 16.1. The number of fused-ring (bicyclic) bond motifs is 1. The molecule has 1 atom stereocenters. The van der Waals surface area contributed by atoms with Gasteiger partial charge in [0.15, 0.2) is 0 Å². The topological polar surface area (TPSA) is 68.2 Å². The van der Waals surface area contributed by atoms with Crippen LogP contribution in [0.5, 0.6) is 0 Å². The van der Waals surface area contributed by atoms with Crippen LogP contribution >= 0.6 is 11.3 Å². The number of carbonyl (C=O) groups excluding carboxylic acids is 1. The summed E-state index contributed by atoms with van der Waals surface area (Å²) in [7, 11) is 4.00. The number of thiophene rings is 1. The molecule has 1 aliphatic rings. The summed E-state index contributed by atoms with van der Waals surface area (Å²) in [6.07, 6.45) is 3.09. The van der Waals surface area contributed by atoms with Crippen molar-refractivity contribution in [1.82, 2.24) is 10.2 Å². The Morgan fingerprint density at radius 1 is 1.50 bits per heavy atom. The van der Waals surface area contributed by atoms with Gasteiger partial charge in [0, 0.05) is 18.0 Å². The highest BCUT2D eigenvalue weighted by Gasteiger charge is 2.24. The number of amides is 1. The predicted molar refractivity (Wildman–Crippen MR) is 90.3 cm³/mol. The van der Waals surface area contributed by atoms with Crippen LogP contribution in [-0.4, -0.2) is 44.5 Å². The van der Waals surface area contributed by atoms with E-state index < -0.39 is 0 Å². The van der Waals surface area contributed by atoms with E-state index in [0.29, 0.717) is 11.5 Å². The number of carbonyl (C=O) groups is 1. The first-order valence-corrected chi connectivity index (χ1v) is 8.52. The lowest BCUT2D eigenvalue weighted by molar-refractivity contribution is -0.115. The quantitative estimate of drug-likeness (QED) is 0.785. The van der Waals surface area contributed by atoms with Gasteiger partial charge in [-0.25, -0.2) is 0 Å². The van der Waals surface area contributed by atoms with Crippen molar-refractivity contribution in [2.24, 2.45) is 5.92 Å². The largest absolute Gasteiger partial charge is 0.315 e. The van der Waals surface area contributed by atoms with Gasteiger partial charge in [0.1, 0.15) is 11.1 Å². The number of anilines is 1. The maximum atomic E-state index is 12.0. The molecule has 0 saturated heterocycles. The molecule has 0 bridgehead atoms. The van der Waals surface area contributed by atoms with Gasteiger partial charge in [-0.15, -0.1) is 11.3 Å². The zero-order valence-electron chi connectivity index (χ0n) is 13.5. The summed E-state index contributed by atoms with van der Waals surface area (Å²) in [5.74, 6) is 0.579. The molecule has 1 heterocycles. The molecule has 1 unspecified atom stereocenters. The third-order valence-electron chi connectivity index (χ3n) is 3.90. The number of nitrogens with zero attached hydrogens (tertiary/aromatic N) is 2. The summed E-state index contributed by atoms with van der Waals surface area (Å²) in [4.78, 5) is 15.3. The molecule has 0 aliphatic heterocycles. The molecular weight excluding hydrogens is 296 g/mol. The van der Waals surface area contributed by atoms with Crippen LogP contribution in [0.3, 0.4) is 0 Å². The van der Waals surface area contributed by atoms with Gasteiger partial charge in [0.2, 0.25) is 5.91 Å². The Morgan fingerprint density at radius 2 is 2.27 bits per heavy atom. The van der Waals surface area contributed by atoms with Gasteiger partial charge in [0.05, 0.1) is 12.1 Å². The van der Waals surface area contributed by atoms with Crippen molar-refractivity contribution in [3.05, 3.63) is 16.0 Å². The molecule has 2 rings (SSSR count). The minimum Gasteiger partial charge on any atom is -0.315 e. The molecule has 0 radical (unpaired) electrons. The molecule has 120 valence electrons. The molecule has 0 aromatic carbocycles.